The zero-order valence-electron chi connectivity index (χ0n) is 12.4. The molecule has 0 unspecified atom stereocenters. The molecule has 0 bridgehead atoms. The largest absolute Gasteiger partial charge is 0.336 e. The van der Waals surface area contributed by atoms with Gasteiger partial charge in [0, 0.05) is 24.2 Å². The van der Waals surface area contributed by atoms with E-state index >= 15 is 0 Å². The number of fused-ring (bicyclic) bond motifs is 1. The van der Waals surface area contributed by atoms with Crippen LogP contribution < -0.4 is 5.32 Å². The second-order valence-electron chi connectivity index (χ2n) is 5.45. The first kappa shape index (κ1) is 14.0. The lowest BCUT2D eigenvalue weighted by Gasteiger charge is -2.34. The number of nitrogens with one attached hydrogen (secondary N) is 1. The molecule has 2 aromatic rings. The van der Waals surface area contributed by atoms with Gasteiger partial charge in [0.1, 0.15) is 0 Å². The van der Waals surface area contributed by atoms with Crippen LogP contribution in [0.1, 0.15) is 30.1 Å². The smallest absolute Gasteiger partial charge is 0.256 e. The third-order valence-electron chi connectivity index (χ3n) is 4.21. The molecule has 21 heavy (non-hydrogen) atoms. The molecule has 1 aromatic carbocycles. The van der Waals surface area contributed by atoms with Crippen molar-refractivity contribution in [3.8, 4) is 0 Å². The molecule has 1 aliphatic heterocycles. The molecule has 1 saturated heterocycles. The second-order valence-corrected chi connectivity index (χ2v) is 5.45. The van der Waals surface area contributed by atoms with Crippen LogP contribution in [0, 0.1) is 0 Å². The molecule has 1 aromatic heterocycles. The lowest BCUT2D eigenvalue weighted by atomic mass is 10.0. The summed E-state index contributed by atoms with van der Waals surface area (Å²) >= 11 is 0. The van der Waals surface area contributed by atoms with Gasteiger partial charge < -0.3 is 10.2 Å². The van der Waals surface area contributed by atoms with Gasteiger partial charge in [-0.25, -0.2) is 0 Å². The summed E-state index contributed by atoms with van der Waals surface area (Å²) < 4.78 is 0. The van der Waals surface area contributed by atoms with E-state index in [1.807, 2.05) is 35.2 Å². The Hall–Kier alpha value is -1.94. The minimum absolute atomic E-state index is 0.105. The lowest BCUT2D eigenvalue weighted by molar-refractivity contribution is 0.0658. The highest BCUT2D eigenvalue weighted by molar-refractivity contribution is 6.05. The van der Waals surface area contributed by atoms with Gasteiger partial charge >= 0.3 is 0 Å². The van der Waals surface area contributed by atoms with E-state index in [4.69, 9.17) is 0 Å². The molecular weight excluding hydrogens is 262 g/mol. The van der Waals surface area contributed by atoms with Crippen LogP contribution in [0.4, 0.5) is 0 Å². The fourth-order valence-corrected chi connectivity index (χ4v) is 3.12. The van der Waals surface area contributed by atoms with Crippen molar-refractivity contribution in [1.29, 1.82) is 0 Å². The zero-order valence-corrected chi connectivity index (χ0v) is 12.4. The van der Waals surface area contributed by atoms with Gasteiger partial charge in [-0.15, -0.1) is 0 Å². The normalized spacial score (nSPS) is 16.0. The molecule has 4 nitrogen and oxygen atoms in total. The molecule has 110 valence electrons. The topological polar surface area (TPSA) is 45.2 Å². The number of para-hydroxylation sites is 1. The number of pyridine rings is 1. The maximum absolute atomic E-state index is 13.0. The predicted octanol–water partition coefficient (Wildman–Crippen LogP) is 2.45. The van der Waals surface area contributed by atoms with Crippen molar-refractivity contribution in [3.05, 3.63) is 42.1 Å². The van der Waals surface area contributed by atoms with Crippen LogP contribution in [-0.2, 0) is 0 Å². The SMILES string of the molecule is CCN(C(=O)c1cccc2cccnc12)C1CCNCC1. The molecule has 3 rings (SSSR count). The van der Waals surface area contributed by atoms with E-state index in [0.29, 0.717) is 11.6 Å². The standard InChI is InChI=1S/C17H21N3O/c1-2-20(14-8-11-18-12-9-14)17(21)15-7-3-5-13-6-4-10-19-16(13)15/h3-7,10,14,18H,2,8-9,11-12H2,1H3. The molecule has 4 heteroatoms. The maximum atomic E-state index is 13.0. The molecule has 0 atom stereocenters. The van der Waals surface area contributed by atoms with E-state index in [2.05, 4.69) is 17.2 Å². The van der Waals surface area contributed by atoms with Gasteiger partial charge in [-0.1, -0.05) is 18.2 Å². The average Bonchev–Trinajstić information content (AvgIpc) is 2.56. The van der Waals surface area contributed by atoms with Gasteiger partial charge in [-0.3, -0.25) is 9.78 Å². The Kier molecular flexibility index (Phi) is 4.15. The number of hydrogen-bond acceptors (Lipinski definition) is 3. The van der Waals surface area contributed by atoms with Crippen molar-refractivity contribution >= 4 is 16.8 Å². The molecule has 2 heterocycles. The van der Waals surface area contributed by atoms with E-state index in [0.717, 1.165) is 43.4 Å². The number of carbonyl (C=O) groups excluding carboxylic acids is 1. The van der Waals surface area contributed by atoms with Crippen molar-refractivity contribution in [2.45, 2.75) is 25.8 Å². The van der Waals surface area contributed by atoms with E-state index in [1.54, 1.807) is 6.20 Å². The lowest BCUT2D eigenvalue weighted by Crippen LogP contribution is -2.46. The van der Waals surface area contributed by atoms with Crippen LogP contribution in [0.15, 0.2) is 36.5 Å². The van der Waals surface area contributed by atoms with Gasteiger partial charge in [-0.05, 0) is 45.0 Å². The Labute approximate surface area is 125 Å². The van der Waals surface area contributed by atoms with Crippen molar-refractivity contribution < 1.29 is 4.79 Å². The Morgan fingerprint density at radius 2 is 2.05 bits per heavy atom. The van der Waals surface area contributed by atoms with Gasteiger partial charge in [0.05, 0.1) is 11.1 Å². The number of carbonyl (C=O) groups is 1. The van der Waals surface area contributed by atoms with Crippen molar-refractivity contribution in [2.75, 3.05) is 19.6 Å². The van der Waals surface area contributed by atoms with Gasteiger partial charge in [0.2, 0.25) is 0 Å². The molecular formula is C17H21N3O. The maximum Gasteiger partial charge on any atom is 0.256 e. The van der Waals surface area contributed by atoms with Crippen LogP contribution in [-0.4, -0.2) is 41.5 Å². The van der Waals surface area contributed by atoms with E-state index in [1.165, 1.54) is 0 Å². The van der Waals surface area contributed by atoms with Gasteiger partial charge in [0.25, 0.3) is 5.91 Å². The number of rotatable bonds is 3. The van der Waals surface area contributed by atoms with Gasteiger partial charge in [0.15, 0.2) is 0 Å². The average molecular weight is 283 g/mol. The first-order valence-corrected chi connectivity index (χ1v) is 7.66. The van der Waals surface area contributed by atoms with E-state index in [9.17, 15) is 4.79 Å². The van der Waals surface area contributed by atoms with E-state index < -0.39 is 0 Å². The fourth-order valence-electron chi connectivity index (χ4n) is 3.12. The van der Waals surface area contributed by atoms with Crippen LogP contribution >= 0.6 is 0 Å². The number of nitrogens with zero attached hydrogens (tertiary/aromatic N) is 2. The summed E-state index contributed by atoms with van der Waals surface area (Å²) in [7, 11) is 0. The molecule has 1 aliphatic rings. The third-order valence-corrected chi connectivity index (χ3v) is 4.21. The van der Waals surface area contributed by atoms with Crippen molar-refractivity contribution in [2.24, 2.45) is 0 Å². The molecule has 1 amide bonds. The Bertz CT molecular complexity index is 629. The minimum atomic E-state index is 0.105. The number of amides is 1. The highest BCUT2D eigenvalue weighted by Gasteiger charge is 2.26. The molecule has 0 spiro atoms. The molecule has 0 aliphatic carbocycles. The quantitative estimate of drug-likeness (QED) is 0.941. The first-order chi connectivity index (χ1) is 10.3. The number of benzene rings is 1. The molecule has 0 saturated carbocycles. The third kappa shape index (κ3) is 2.76. The van der Waals surface area contributed by atoms with E-state index in [-0.39, 0.29) is 5.91 Å². The minimum Gasteiger partial charge on any atom is -0.336 e. The Balaban J connectivity index is 1.94. The highest BCUT2D eigenvalue weighted by Crippen LogP contribution is 2.21. The summed E-state index contributed by atoms with van der Waals surface area (Å²) in [5.41, 5.74) is 1.52. The van der Waals surface area contributed by atoms with Crippen LogP contribution in [0.2, 0.25) is 0 Å². The summed E-state index contributed by atoms with van der Waals surface area (Å²) in [6, 6.07) is 10.1. The van der Waals surface area contributed by atoms with Crippen molar-refractivity contribution in [1.82, 2.24) is 15.2 Å². The molecule has 1 fully saturated rings. The monoisotopic (exact) mass is 283 g/mol. The summed E-state index contributed by atoms with van der Waals surface area (Å²) in [6.07, 6.45) is 3.80. The summed E-state index contributed by atoms with van der Waals surface area (Å²) in [5.74, 6) is 0.105. The molecule has 1 N–H and O–H groups in total. The van der Waals surface area contributed by atoms with Gasteiger partial charge in [-0.2, -0.15) is 0 Å². The summed E-state index contributed by atoms with van der Waals surface area (Å²) in [6.45, 7) is 4.77. The van der Waals surface area contributed by atoms with Crippen LogP contribution in [0.25, 0.3) is 10.9 Å². The number of aromatic nitrogens is 1. The second kappa shape index (κ2) is 6.22. The predicted molar refractivity (Wildman–Crippen MR) is 84.3 cm³/mol. The number of hydrogen-bond donors (Lipinski definition) is 1. The van der Waals surface area contributed by atoms with Crippen LogP contribution in [0.5, 0.6) is 0 Å². The summed E-state index contributed by atoms with van der Waals surface area (Å²) in [5, 5.41) is 4.37. The summed E-state index contributed by atoms with van der Waals surface area (Å²) in [4.78, 5) is 19.4. The first-order valence-electron chi connectivity index (χ1n) is 7.66. The Morgan fingerprint density at radius 3 is 2.81 bits per heavy atom. The number of piperidine rings is 1. The Morgan fingerprint density at radius 1 is 1.29 bits per heavy atom. The van der Waals surface area contributed by atoms with Crippen molar-refractivity contribution in [3.63, 3.8) is 0 Å². The van der Waals surface area contributed by atoms with Crippen LogP contribution in [0.3, 0.4) is 0 Å². The fraction of sp³-hybridized carbons (Fsp3) is 0.412. The highest BCUT2D eigenvalue weighted by atomic mass is 16.2. The zero-order chi connectivity index (χ0) is 14.7. The molecule has 0 radical (unpaired) electrons.